The summed E-state index contributed by atoms with van der Waals surface area (Å²) in [5.74, 6) is -0.227. The van der Waals surface area contributed by atoms with Gasteiger partial charge in [0.15, 0.2) is 0 Å². The molecule has 0 unspecified atom stereocenters. The number of hydroxylamine groups is 1. The number of benzene rings is 1. The Morgan fingerprint density at radius 3 is 2.61 bits per heavy atom. The number of hydrogen-bond acceptors (Lipinski definition) is 4. The van der Waals surface area contributed by atoms with Gasteiger partial charge < -0.3 is 4.90 Å². The highest BCUT2D eigenvalue weighted by atomic mass is 19.1. The van der Waals surface area contributed by atoms with Crippen LogP contribution in [-0.4, -0.2) is 53.0 Å². The number of nitrogens with one attached hydrogen (secondary N) is 1. The molecule has 152 valence electrons. The van der Waals surface area contributed by atoms with E-state index in [1.807, 2.05) is 4.90 Å². The van der Waals surface area contributed by atoms with Gasteiger partial charge in [0.1, 0.15) is 5.82 Å². The molecule has 1 saturated carbocycles. The molecule has 6 nitrogen and oxygen atoms in total. The van der Waals surface area contributed by atoms with E-state index in [1.54, 1.807) is 18.5 Å². The first kappa shape index (κ1) is 19.3. The van der Waals surface area contributed by atoms with E-state index in [1.165, 1.54) is 18.9 Å². The maximum Gasteiger partial charge on any atom is 0.274 e. The molecule has 0 aromatic heterocycles. The van der Waals surface area contributed by atoms with Crippen molar-refractivity contribution in [2.24, 2.45) is 11.3 Å². The number of likely N-dealkylation sites (tertiary alicyclic amines) is 1. The van der Waals surface area contributed by atoms with Crippen LogP contribution in [0.1, 0.15) is 54.1 Å². The summed E-state index contributed by atoms with van der Waals surface area (Å²) in [5.41, 5.74) is 3.67. The third-order valence-electron chi connectivity index (χ3n) is 6.96. The fraction of sp³-hybridized carbons (Fsp3) is 0.619. The number of halogens is 1. The topological polar surface area (TPSA) is 72.9 Å². The maximum absolute atomic E-state index is 14.5. The minimum Gasteiger partial charge on any atom is -0.343 e. The third-order valence-corrected chi connectivity index (χ3v) is 6.96. The van der Waals surface area contributed by atoms with E-state index in [2.05, 4.69) is 4.90 Å². The van der Waals surface area contributed by atoms with Gasteiger partial charge in [0.25, 0.3) is 5.91 Å². The van der Waals surface area contributed by atoms with Crippen molar-refractivity contribution in [1.82, 2.24) is 15.3 Å². The van der Waals surface area contributed by atoms with Gasteiger partial charge in [-0.3, -0.25) is 19.7 Å². The number of fused-ring (bicyclic) bond motifs is 1. The Morgan fingerprint density at radius 2 is 1.96 bits per heavy atom. The molecule has 4 rings (SSSR count). The van der Waals surface area contributed by atoms with E-state index in [4.69, 9.17) is 5.21 Å². The highest BCUT2D eigenvalue weighted by Gasteiger charge is 2.46. The number of nitrogens with zero attached hydrogens (tertiary/aromatic N) is 2. The average Bonchev–Trinajstić information content (AvgIpc) is 2.66. The van der Waals surface area contributed by atoms with E-state index >= 15 is 0 Å². The maximum atomic E-state index is 14.5. The minimum atomic E-state index is -0.681. The van der Waals surface area contributed by atoms with E-state index < -0.39 is 5.91 Å². The van der Waals surface area contributed by atoms with E-state index in [0.29, 0.717) is 29.9 Å². The predicted octanol–water partition coefficient (Wildman–Crippen LogP) is 2.34. The molecular formula is C21H28FN3O3. The Balaban J connectivity index is 1.32. The standard InChI is InChI=1S/C21H28FN3O3/c1-14(26)25-6-3-21(4-7-25)10-15(11-21)12-24-5-2-16-8-17(20(27)23-28)9-19(22)18(16)13-24/h8-9,15,28H,2-7,10-13H2,1H3,(H,23,27). The molecule has 2 aliphatic heterocycles. The van der Waals surface area contributed by atoms with Crippen molar-refractivity contribution < 1.29 is 19.2 Å². The number of piperidine rings is 1. The van der Waals surface area contributed by atoms with Crippen LogP contribution in [0.3, 0.4) is 0 Å². The van der Waals surface area contributed by atoms with Gasteiger partial charge in [0.2, 0.25) is 5.91 Å². The summed E-state index contributed by atoms with van der Waals surface area (Å²) in [6.45, 7) is 5.83. The lowest BCUT2D eigenvalue weighted by atomic mass is 9.57. The van der Waals surface area contributed by atoms with Gasteiger partial charge >= 0.3 is 0 Å². The van der Waals surface area contributed by atoms with Gasteiger partial charge in [-0.2, -0.15) is 0 Å². The van der Waals surface area contributed by atoms with Crippen LogP contribution in [0.15, 0.2) is 12.1 Å². The van der Waals surface area contributed by atoms with Crippen LogP contribution in [0.5, 0.6) is 0 Å². The fourth-order valence-electron chi connectivity index (χ4n) is 5.39. The molecule has 2 amide bonds. The molecule has 1 aromatic carbocycles. The van der Waals surface area contributed by atoms with Crippen molar-refractivity contribution in [2.75, 3.05) is 26.2 Å². The molecule has 1 aliphatic carbocycles. The second-order valence-corrected chi connectivity index (χ2v) is 8.80. The van der Waals surface area contributed by atoms with Crippen LogP contribution in [0.25, 0.3) is 0 Å². The number of carbonyl (C=O) groups excluding carboxylic acids is 2. The predicted molar refractivity (Wildman–Crippen MR) is 101 cm³/mol. The lowest BCUT2D eigenvalue weighted by Gasteiger charge is -2.53. The molecule has 28 heavy (non-hydrogen) atoms. The van der Waals surface area contributed by atoms with Gasteiger partial charge in [-0.05, 0) is 61.1 Å². The number of rotatable bonds is 3. The SMILES string of the molecule is CC(=O)N1CCC2(CC1)CC(CN1CCc3cc(C(=O)NO)cc(F)c3C1)C2. The lowest BCUT2D eigenvalue weighted by molar-refractivity contribution is -0.133. The third kappa shape index (κ3) is 3.65. The van der Waals surface area contributed by atoms with Crippen LogP contribution in [0.2, 0.25) is 0 Å². The van der Waals surface area contributed by atoms with Crippen LogP contribution >= 0.6 is 0 Å². The van der Waals surface area contributed by atoms with Crippen LogP contribution < -0.4 is 5.48 Å². The Kier molecular flexibility index (Phi) is 5.14. The van der Waals surface area contributed by atoms with Crippen molar-refractivity contribution in [3.8, 4) is 0 Å². The van der Waals surface area contributed by atoms with Gasteiger partial charge in [-0.25, -0.2) is 9.87 Å². The lowest BCUT2D eigenvalue weighted by Crippen LogP contribution is -2.50. The second kappa shape index (κ2) is 7.44. The quantitative estimate of drug-likeness (QED) is 0.615. The second-order valence-electron chi connectivity index (χ2n) is 8.80. The van der Waals surface area contributed by atoms with Gasteiger partial charge in [0.05, 0.1) is 0 Å². The monoisotopic (exact) mass is 389 g/mol. The molecule has 0 atom stereocenters. The molecule has 1 spiro atoms. The minimum absolute atomic E-state index is 0.157. The van der Waals surface area contributed by atoms with Gasteiger partial charge in [-0.1, -0.05) is 0 Å². The summed E-state index contributed by atoms with van der Waals surface area (Å²) in [6, 6.07) is 2.89. The summed E-state index contributed by atoms with van der Waals surface area (Å²) in [7, 11) is 0. The molecule has 0 radical (unpaired) electrons. The normalized spacial score (nSPS) is 21.9. The smallest absolute Gasteiger partial charge is 0.274 e. The van der Waals surface area contributed by atoms with E-state index in [9.17, 15) is 14.0 Å². The Morgan fingerprint density at radius 1 is 1.25 bits per heavy atom. The van der Waals surface area contributed by atoms with Crippen molar-refractivity contribution in [3.63, 3.8) is 0 Å². The first-order chi connectivity index (χ1) is 13.4. The van der Waals surface area contributed by atoms with Crippen LogP contribution in [0.4, 0.5) is 4.39 Å². The summed E-state index contributed by atoms with van der Waals surface area (Å²) in [6.07, 6.45) is 5.34. The van der Waals surface area contributed by atoms with Crippen molar-refractivity contribution in [3.05, 3.63) is 34.6 Å². The molecule has 2 heterocycles. The molecule has 7 heteroatoms. The first-order valence-electron chi connectivity index (χ1n) is 10.1. The number of hydrogen-bond donors (Lipinski definition) is 2. The Bertz CT molecular complexity index is 781. The van der Waals surface area contributed by atoms with Crippen LogP contribution in [-0.2, 0) is 17.8 Å². The molecule has 2 N–H and O–H groups in total. The Hall–Kier alpha value is -1.99. The molecule has 1 aromatic rings. The summed E-state index contributed by atoms with van der Waals surface area (Å²) >= 11 is 0. The summed E-state index contributed by atoms with van der Waals surface area (Å²) in [5, 5.41) is 8.75. The average molecular weight is 389 g/mol. The largest absolute Gasteiger partial charge is 0.343 e. The highest BCUT2D eigenvalue weighted by molar-refractivity contribution is 5.93. The molecule has 1 saturated heterocycles. The zero-order valence-corrected chi connectivity index (χ0v) is 16.3. The zero-order chi connectivity index (χ0) is 19.9. The van der Waals surface area contributed by atoms with Crippen molar-refractivity contribution in [2.45, 2.75) is 45.6 Å². The number of carbonyl (C=O) groups is 2. The van der Waals surface area contributed by atoms with Crippen molar-refractivity contribution >= 4 is 11.8 Å². The van der Waals surface area contributed by atoms with Gasteiger partial charge in [-0.15, -0.1) is 0 Å². The molecule has 2 fully saturated rings. The fourth-order valence-corrected chi connectivity index (χ4v) is 5.39. The van der Waals surface area contributed by atoms with Gasteiger partial charge in [0, 0.05) is 50.8 Å². The molecule has 0 bridgehead atoms. The van der Waals surface area contributed by atoms with E-state index in [0.717, 1.165) is 44.6 Å². The highest BCUT2D eigenvalue weighted by Crippen LogP contribution is 2.52. The molecular weight excluding hydrogens is 361 g/mol. The van der Waals surface area contributed by atoms with E-state index in [-0.39, 0.29) is 17.3 Å². The van der Waals surface area contributed by atoms with Crippen molar-refractivity contribution in [1.29, 1.82) is 0 Å². The number of amides is 2. The molecule has 3 aliphatic rings. The summed E-state index contributed by atoms with van der Waals surface area (Å²) in [4.78, 5) is 27.3. The van der Waals surface area contributed by atoms with Crippen LogP contribution in [0, 0.1) is 17.2 Å². The first-order valence-corrected chi connectivity index (χ1v) is 10.1. The Labute approximate surface area is 164 Å². The zero-order valence-electron chi connectivity index (χ0n) is 16.3. The summed E-state index contributed by atoms with van der Waals surface area (Å²) < 4.78 is 14.5.